The zero-order chi connectivity index (χ0) is 20.3. The van der Waals surface area contributed by atoms with Gasteiger partial charge < -0.3 is 13.5 Å². The van der Waals surface area contributed by atoms with Crippen molar-refractivity contribution in [3.63, 3.8) is 0 Å². The second-order valence-corrected chi connectivity index (χ2v) is 21.0. The van der Waals surface area contributed by atoms with Crippen molar-refractivity contribution in [3.05, 3.63) is 72.8 Å². The molecule has 0 aliphatic rings. The summed E-state index contributed by atoms with van der Waals surface area (Å²) >= 11 is 6.49. The lowest BCUT2D eigenvalue weighted by atomic mass is 10.1. The molecule has 0 atom stereocenters. The van der Waals surface area contributed by atoms with Gasteiger partial charge in [-0.05, 0) is 89.9 Å². The van der Waals surface area contributed by atoms with E-state index in [0.29, 0.717) is 0 Å². The maximum atomic E-state index is 2.41. The van der Waals surface area contributed by atoms with Gasteiger partial charge in [-0.25, -0.2) is 0 Å². The van der Waals surface area contributed by atoms with Crippen molar-refractivity contribution in [2.45, 2.75) is 0 Å². The summed E-state index contributed by atoms with van der Waals surface area (Å²) in [4.78, 5) is 2.36. The zero-order valence-electron chi connectivity index (χ0n) is 17.7. The van der Waals surface area contributed by atoms with Crippen LogP contribution < -0.4 is 13.5 Å². The van der Waals surface area contributed by atoms with Gasteiger partial charge in [-0.3, -0.25) is 0 Å². The molecule has 0 radical (unpaired) electrons. The molecule has 0 unspecified atom stereocenters. The van der Waals surface area contributed by atoms with Crippen molar-refractivity contribution < 1.29 is 0 Å². The summed E-state index contributed by atoms with van der Waals surface area (Å²) in [5.74, 6) is 0. The largest absolute Gasteiger partial charge is 0.570 e. The van der Waals surface area contributed by atoms with Gasteiger partial charge in [-0.2, -0.15) is 0 Å². The van der Waals surface area contributed by atoms with Crippen molar-refractivity contribution in [2.75, 3.05) is 13.5 Å². The summed E-state index contributed by atoms with van der Waals surface area (Å²) in [7, 11) is 0. The van der Waals surface area contributed by atoms with Gasteiger partial charge in [-0.1, -0.05) is 0 Å². The smallest absolute Gasteiger partial charge is 0.336 e. The minimum absolute atomic E-state index is 1.08. The maximum absolute atomic E-state index is 2.41. The standard InChI is InChI=1S/C18H12N4.6Al.12H/c19-13-1-7-16(8-2-13)22(17-9-3-14(20)4-10-17)18-11-5-15(21)6-12-18;;;;;;;;;;;;;;;;;;/h1-12H;;;;;;;;;;;;;;;;;;. The molecule has 0 amide bonds. The number of hydrogen-bond donors (Lipinski definition) is 0. The molecule has 134 valence electrons. The first-order valence-corrected chi connectivity index (χ1v) is 14.9. The quantitative estimate of drug-likeness (QED) is 0.434. The number of nitrogens with zero attached hydrogens (tertiary/aromatic N) is 4. The first-order chi connectivity index (χ1) is 13.4. The van der Waals surface area contributed by atoms with Crippen LogP contribution in [0.3, 0.4) is 0 Å². The van der Waals surface area contributed by atoms with Crippen LogP contribution in [-0.4, -0.2) is 99.1 Å². The number of hydrogen-bond acceptors (Lipinski definition) is 4. The van der Waals surface area contributed by atoms with Gasteiger partial charge in [0.2, 0.25) is 0 Å². The highest BCUT2D eigenvalue weighted by Gasteiger charge is 2.13. The molecule has 3 aromatic carbocycles. The summed E-state index contributed by atoms with van der Waals surface area (Å²) in [6.07, 6.45) is 0. The van der Waals surface area contributed by atoms with Crippen molar-refractivity contribution in [3.8, 4) is 0 Å². The fourth-order valence-electron chi connectivity index (χ4n) is 3.15. The van der Waals surface area contributed by atoms with E-state index in [1.807, 2.05) is 0 Å². The van der Waals surface area contributed by atoms with E-state index in [1.54, 1.807) is 0 Å². The normalized spacial score (nSPS) is 10.3. The fourth-order valence-corrected chi connectivity index (χ4v) is 4.94. The van der Waals surface area contributed by atoms with E-state index in [-0.39, 0.29) is 0 Å². The highest BCUT2D eigenvalue weighted by molar-refractivity contribution is 6.42. The lowest BCUT2D eigenvalue weighted by molar-refractivity contribution is 1.28. The monoisotopic (exact) mass is 458 g/mol. The van der Waals surface area contributed by atoms with Crippen LogP contribution in [0.4, 0.5) is 34.1 Å². The lowest BCUT2D eigenvalue weighted by Crippen LogP contribution is -2.16. The number of benzene rings is 3. The third kappa shape index (κ3) is 5.60. The summed E-state index contributed by atoms with van der Waals surface area (Å²) < 4.78 is 7.23. The summed E-state index contributed by atoms with van der Waals surface area (Å²) in [5, 5.41) is 0. The van der Waals surface area contributed by atoms with Gasteiger partial charge in [0, 0.05) is 17.1 Å². The predicted molar refractivity (Wildman–Crippen MR) is 140 cm³/mol. The fraction of sp³-hybridized carbons (Fsp3) is 0. The molecule has 0 N–H and O–H groups in total. The Hall–Kier alpha value is 0.0548. The van der Waals surface area contributed by atoms with Gasteiger partial charge in [0.1, 0.15) is 0 Å². The third-order valence-electron chi connectivity index (χ3n) is 4.87. The molecule has 0 saturated heterocycles. The molecule has 0 fully saturated rings. The Bertz CT molecular complexity index is 776. The van der Waals surface area contributed by atoms with Gasteiger partial charge in [0.25, 0.3) is 0 Å². The van der Waals surface area contributed by atoms with E-state index >= 15 is 0 Å². The lowest BCUT2D eigenvalue weighted by Gasteiger charge is -2.28. The van der Waals surface area contributed by atoms with E-state index in [1.165, 1.54) is 34.1 Å². The summed E-state index contributed by atoms with van der Waals surface area (Å²) in [6, 6.07) is 27.0. The van der Waals surface area contributed by atoms with Crippen LogP contribution in [0, 0.1) is 0 Å². The van der Waals surface area contributed by atoms with Gasteiger partial charge in [-0.15, -0.1) is 0 Å². The predicted octanol–water partition coefficient (Wildman–Crippen LogP) is -1.14. The van der Waals surface area contributed by atoms with E-state index in [2.05, 4.69) is 86.3 Å². The third-order valence-corrected chi connectivity index (χ3v) is 7.97. The highest BCUT2D eigenvalue weighted by Crippen LogP contribution is 2.36. The van der Waals surface area contributed by atoms with Crippen LogP contribution in [0.25, 0.3) is 0 Å². The first-order valence-electron chi connectivity index (χ1n) is 9.49. The topological polar surface area (TPSA) is 13.0 Å². The molecule has 10 heteroatoms. The van der Waals surface area contributed by atoms with E-state index in [9.17, 15) is 0 Å². The van der Waals surface area contributed by atoms with E-state index < -0.39 is 0 Å². The van der Waals surface area contributed by atoms with Crippen LogP contribution >= 0.6 is 0 Å². The van der Waals surface area contributed by atoms with Crippen LogP contribution in [0.5, 0.6) is 0 Å². The second kappa shape index (κ2) is 10.4. The van der Waals surface area contributed by atoms with Gasteiger partial charge >= 0.3 is 99.1 Å². The molecular weight excluding hydrogens is 434 g/mol. The molecule has 0 aromatic heterocycles. The molecule has 4 nitrogen and oxygen atoms in total. The number of rotatable bonds is 6. The van der Waals surface area contributed by atoms with Crippen LogP contribution in [0.15, 0.2) is 72.8 Å². The summed E-state index contributed by atoms with van der Waals surface area (Å²) in [6.45, 7) is 0. The Kier molecular flexibility index (Phi) is 8.43. The average molecular weight is 458 g/mol. The van der Waals surface area contributed by atoms with E-state index in [0.717, 1.165) is 99.1 Å². The van der Waals surface area contributed by atoms with Gasteiger partial charge in [0.05, 0.1) is 0 Å². The second-order valence-electron chi connectivity index (χ2n) is 7.57. The molecule has 0 heterocycles. The molecule has 0 bridgehead atoms. The Morgan fingerprint density at radius 3 is 0.679 bits per heavy atom. The molecule has 0 saturated carbocycles. The Labute approximate surface area is 217 Å². The highest BCUT2D eigenvalue weighted by atomic mass is 27.1. The Morgan fingerprint density at radius 2 is 0.500 bits per heavy atom. The molecule has 3 rings (SSSR count). The van der Waals surface area contributed by atoms with Crippen molar-refractivity contribution in [1.82, 2.24) is 0 Å². The Balaban J connectivity index is 2.04. The summed E-state index contributed by atoms with van der Waals surface area (Å²) in [5.41, 5.74) is 7.61. The molecule has 28 heavy (non-hydrogen) atoms. The average Bonchev–Trinajstić information content (AvgIpc) is 2.69. The van der Waals surface area contributed by atoms with Crippen molar-refractivity contribution in [1.29, 1.82) is 0 Å². The molecule has 0 aliphatic carbocycles. The molecule has 0 spiro atoms. The molecule has 0 aliphatic heterocycles. The SMILES string of the molecule is [AlH2][N]([AlH2])c1ccc(N(c2ccc([N]([AlH2])[AlH2])cc2)c2ccc([N]([AlH2])[AlH2])cc2)cc1. The van der Waals surface area contributed by atoms with Crippen LogP contribution in [0.1, 0.15) is 0 Å². The van der Waals surface area contributed by atoms with Crippen LogP contribution in [-0.2, 0) is 0 Å². The van der Waals surface area contributed by atoms with Crippen LogP contribution in [0.2, 0.25) is 0 Å². The Morgan fingerprint density at radius 1 is 0.321 bits per heavy atom. The molecule has 3 aromatic rings. The van der Waals surface area contributed by atoms with Gasteiger partial charge in [0.15, 0.2) is 0 Å². The van der Waals surface area contributed by atoms with E-state index in [4.69, 9.17) is 0 Å². The number of anilines is 6. The molecular formula is C18H24Al6N4. The minimum Gasteiger partial charge on any atom is -0.570 e. The first kappa shape index (κ1) is 22.7. The maximum Gasteiger partial charge on any atom is 0.336 e. The van der Waals surface area contributed by atoms with Crippen molar-refractivity contribution >= 4 is 133 Å². The van der Waals surface area contributed by atoms with Crippen molar-refractivity contribution in [2.24, 2.45) is 0 Å². The zero-order valence-corrected chi connectivity index (χ0v) is 29.7. The minimum atomic E-state index is 1.08.